The molecule has 72 valence electrons. The van der Waals surface area contributed by atoms with E-state index in [1.54, 1.807) is 6.20 Å². The van der Waals surface area contributed by atoms with Gasteiger partial charge in [0.1, 0.15) is 12.4 Å². The van der Waals surface area contributed by atoms with Crippen LogP contribution in [0.2, 0.25) is 0 Å². The lowest BCUT2D eigenvalue weighted by Gasteiger charge is -2.20. The highest BCUT2D eigenvalue weighted by Crippen LogP contribution is 2.25. The quantitative estimate of drug-likeness (QED) is 0.774. The highest BCUT2D eigenvalue weighted by atomic mass is 32.2. The lowest BCUT2D eigenvalue weighted by Crippen LogP contribution is -2.18. The molecule has 1 aromatic rings. The van der Waals surface area contributed by atoms with Crippen molar-refractivity contribution < 1.29 is 4.74 Å². The number of aromatic nitrogens is 1. The summed E-state index contributed by atoms with van der Waals surface area (Å²) in [5, 5.41) is 2.65. The van der Waals surface area contributed by atoms with E-state index in [4.69, 9.17) is 4.74 Å². The van der Waals surface area contributed by atoms with Gasteiger partial charge in [0.05, 0.1) is 11.6 Å². The van der Waals surface area contributed by atoms with E-state index in [-0.39, 0.29) is 0 Å². The Morgan fingerprint density at radius 1 is 1.54 bits per heavy atom. The van der Waals surface area contributed by atoms with Crippen molar-refractivity contribution in [2.45, 2.75) is 24.5 Å². The summed E-state index contributed by atoms with van der Waals surface area (Å²) >= 11 is 3.49. The summed E-state index contributed by atoms with van der Waals surface area (Å²) in [5.41, 5.74) is 0. The van der Waals surface area contributed by atoms with Crippen LogP contribution in [0, 0.1) is 0 Å². The Balaban J connectivity index is 1.72. The second-order valence-corrected chi connectivity index (χ2v) is 5.23. The van der Waals surface area contributed by atoms with Gasteiger partial charge in [-0.2, -0.15) is 16.1 Å². The van der Waals surface area contributed by atoms with Crippen molar-refractivity contribution in [3.63, 3.8) is 0 Å². The zero-order valence-electron chi connectivity index (χ0n) is 7.44. The second-order valence-electron chi connectivity index (χ2n) is 3.16. The molecule has 0 amide bonds. The Labute approximate surface area is 86.9 Å². The minimum Gasteiger partial charge on any atom is -0.490 e. The molecule has 0 N–H and O–H groups in total. The average Bonchev–Trinajstić information content (AvgIpc) is 2.69. The van der Waals surface area contributed by atoms with E-state index < -0.39 is 0 Å². The van der Waals surface area contributed by atoms with Gasteiger partial charge in [0, 0.05) is 5.25 Å². The zero-order chi connectivity index (χ0) is 8.93. The Hall–Kier alpha value is -0.220. The molecular formula is C9H13NOS2. The lowest BCUT2D eigenvalue weighted by atomic mass is 10.2. The molecule has 1 fully saturated rings. The molecule has 0 bridgehead atoms. The highest BCUT2D eigenvalue weighted by molar-refractivity contribution is 7.99. The van der Waals surface area contributed by atoms with E-state index in [2.05, 4.69) is 4.37 Å². The van der Waals surface area contributed by atoms with Crippen molar-refractivity contribution in [1.29, 1.82) is 0 Å². The van der Waals surface area contributed by atoms with Crippen LogP contribution in [0.3, 0.4) is 0 Å². The first-order chi connectivity index (χ1) is 6.45. The third-order valence-corrected chi connectivity index (χ3v) is 4.05. The van der Waals surface area contributed by atoms with Crippen LogP contribution in [0.4, 0.5) is 0 Å². The van der Waals surface area contributed by atoms with Gasteiger partial charge in [0.25, 0.3) is 0 Å². The van der Waals surface area contributed by atoms with Gasteiger partial charge in [-0.1, -0.05) is 6.42 Å². The predicted octanol–water partition coefficient (Wildman–Crippen LogP) is 2.81. The van der Waals surface area contributed by atoms with Gasteiger partial charge in [-0.15, -0.1) is 0 Å². The summed E-state index contributed by atoms with van der Waals surface area (Å²) in [6, 6.07) is 0. The van der Waals surface area contributed by atoms with Crippen LogP contribution >= 0.6 is 23.3 Å². The summed E-state index contributed by atoms with van der Waals surface area (Å²) in [5.74, 6) is 2.23. The molecule has 13 heavy (non-hydrogen) atoms. The van der Waals surface area contributed by atoms with Crippen LogP contribution < -0.4 is 4.74 Å². The van der Waals surface area contributed by atoms with Gasteiger partial charge in [-0.25, -0.2) is 0 Å². The Morgan fingerprint density at radius 3 is 3.23 bits per heavy atom. The lowest BCUT2D eigenvalue weighted by molar-refractivity contribution is 0.309. The van der Waals surface area contributed by atoms with E-state index >= 15 is 0 Å². The fourth-order valence-corrected chi connectivity index (χ4v) is 3.05. The van der Waals surface area contributed by atoms with Crippen molar-refractivity contribution in [3.05, 3.63) is 11.6 Å². The van der Waals surface area contributed by atoms with Crippen molar-refractivity contribution in [1.82, 2.24) is 4.37 Å². The van der Waals surface area contributed by atoms with Crippen molar-refractivity contribution in [3.8, 4) is 5.75 Å². The van der Waals surface area contributed by atoms with E-state index in [0.29, 0.717) is 5.25 Å². The topological polar surface area (TPSA) is 22.1 Å². The number of thioether (sulfide) groups is 1. The molecule has 1 aliphatic rings. The number of ether oxygens (including phenoxy) is 1. The number of hydrogen-bond donors (Lipinski definition) is 0. The normalized spacial score (nSPS) is 22.9. The van der Waals surface area contributed by atoms with Crippen LogP contribution in [0.15, 0.2) is 11.6 Å². The molecule has 0 aliphatic carbocycles. The Bertz CT molecular complexity index is 232. The molecule has 1 saturated heterocycles. The van der Waals surface area contributed by atoms with Crippen molar-refractivity contribution in [2.75, 3.05) is 12.4 Å². The molecule has 2 heterocycles. The molecule has 0 radical (unpaired) electrons. The van der Waals surface area contributed by atoms with E-state index in [1.165, 1.54) is 36.5 Å². The van der Waals surface area contributed by atoms with Crippen LogP contribution in [-0.4, -0.2) is 22.0 Å². The Kier molecular flexibility index (Phi) is 3.49. The van der Waals surface area contributed by atoms with Gasteiger partial charge in [0.2, 0.25) is 0 Å². The average molecular weight is 215 g/mol. The molecule has 0 aromatic carbocycles. The molecule has 1 aliphatic heterocycles. The fraction of sp³-hybridized carbons (Fsp3) is 0.667. The third kappa shape index (κ3) is 2.88. The van der Waals surface area contributed by atoms with E-state index in [1.807, 2.05) is 17.1 Å². The summed E-state index contributed by atoms with van der Waals surface area (Å²) in [6.45, 7) is 0.850. The third-order valence-electron chi connectivity index (χ3n) is 2.12. The summed E-state index contributed by atoms with van der Waals surface area (Å²) in [7, 11) is 0. The smallest absolute Gasteiger partial charge is 0.150 e. The van der Waals surface area contributed by atoms with Crippen molar-refractivity contribution in [2.24, 2.45) is 0 Å². The van der Waals surface area contributed by atoms with E-state index in [9.17, 15) is 0 Å². The van der Waals surface area contributed by atoms with Crippen LogP contribution in [0.1, 0.15) is 19.3 Å². The molecule has 0 saturated carbocycles. The first-order valence-corrected chi connectivity index (χ1v) is 6.47. The standard InChI is InChI=1S/C9H13NOS2/c1-2-4-12-9(3-1)6-11-8-5-10-13-7-8/h5,7,9H,1-4,6H2. The molecule has 1 atom stereocenters. The van der Waals surface area contributed by atoms with Gasteiger partial charge in [-0.3, -0.25) is 0 Å². The maximum atomic E-state index is 5.61. The fourth-order valence-electron chi connectivity index (χ4n) is 1.39. The molecule has 2 nitrogen and oxygen atoms in total. The van der Waals surface area contributed by atoms with Crippen LogP contribution in [0.25, 0.3) is 0 Å². The second kappa shape index (κ2) is 4.86. The first-order valence-electron chi connectivity index (χ1n) is 4.59. The maximum Gasteiger partial charge on any atom is 0.150 e. The van der Waals surface area contributed by atoms with Gasteiger partial charge in [-0.05, 0) is 30.1 Å². The molecule has 1 aromatic heterocycles. The minimum absolute atomic E-state index is 0.702. The molecule has 2 rings (SSSR count). The van der Waals surface area contributed by atoms with E-state index in [0.717, 1.165) is 12.4 Å². The number of rotatable bonds is 3. The highest BCUT2D eigenvalue weighted by Gasteiger charge is 2.14. The van der Waals surface area contributed by atoms with Gasteiger partial charge >= 0.3 is 0 Å². The largest absolute Gasteiger partial charge is 0.490 e. The number of hydrogen-bond acceptors (Lipinski definition) is 4. The molecule has 0 spiro atoms. The summed E-state index contributed by atoms with van der Waals surface area (Å²) < 4.78 is 9.61. The molecule has 1 unspecified atom stereocenters. The van der Waals surface area contributed by atoms with Crippen LogP contribution in [-0.2, 0) is 0 Å². The minimum atomic E-state index is 0.702. The summed E-state index contributed by atoms with van der Waals surface area (Å²) in [4.78, 5) is 0. The van der Waals surface area contributed by atoms with Gasteiger partial charge < -0.3 is 4.74 Å². The van der Waals surface area contributed by atoms with Crippen LogP contribution in [0.5, 0.6) is 5.75 Å². The molecular weight excluding hydrogens is 202 g/mol. The van der Waals surface area contributed by atoms with Gasteiger partial charge in [0.15, 0.2) is 0 Å². The SMILES string of the molecule is c1nscc1OCC1CCCCS1. The molecule has 4 heteroatoms. The summed E-state index contributed by atoms with van der Waals surface area (Å²) in [6.07, 6.45) is 5.84. The predicted molar refractivity (Wildman–Crippen MR) is 57.7 cm³/mol. The monoisotopic (exact) mass is 215 g/mol. The first kappa shape index (κ1) is 9.34. The zero-order valence-corrected chi connectivity index (χ0v) is 9.07. The Morgan fingerprint density at radius 2 is 2.54 bits per heavy atom. The number of nitrogens with zero attached hydrogens (tertiary/aromatic N) is 1. The maximum absolute atomic E-state index is 5.61. The van der Waals surface area contributed by atoms with Crippen molar-refractivity contribution >= 4 is 23.3 Å².